The number of aliphatic carboxylic acids is 1. The van der Waals surface area contributed by atoms with Crippen LogP contribution in [-0.4, -0.2) is 29.3 Å². The zero-order chi connectivity index (χ0) is 15.3. The molecule has 2 N–H and O–H groups in total. The zero-order valence-electron chi connectivity index (χ0n) is 13.0. The van der Waals surface area contributed by atoms with Crippen molar-refractivity contribution in [3.63, 3.8) is 0 Å². The molecule has 0 spiro atoms. The first-order chi connectivity index (χ1) is 9.23. The number of carbonyl (C=O) groups is 1. The Bertz CT molecular complexity index is 451. The van der Waals surface area contributed by atoms with Crippen molar-refractivity contribution in [2.24, 2.45) is 0 Å². The van der Waals surface area contributed by atoms with Gasteiger partial charge in [-0.3, -0.25) is 10.1 Å². The SMILES string of the molecule is Cc1cc(C)cc(OCCC(C)(NC(C)C)C(=O)O)c1. The van der Waals surface area contributed by atoms with Crippen LogP contribution < -0.4 is 10.1 Å². The number of carboxylic acids is 1. The van der Waals surface area contributed by atoms with Gasteiger partial charge in [0.1, 0.15) is 11.3 Å². The van der Waals surface area contributed by atoms with Crippen LogP contribution in [0.1, 0.15) is 38.3 Å². The van der Waals surface area contributed by atoms with Gasteiger partial charge >= 0.3 is 5.97 Å². The lowest BCUT2D eigenvalue weighted by Gasteiger charge is -2.28. The Morgan fingerprint density at radius 1 is 1.30 bits per heavy atom. The van der Waals surface area contributed by atoms with Crippen molar-refractivity contribution in [2.75, 3.05) is 6.61 Å². The molecule has 0 aliphatic carbocycles. The van der Waals surface area contributed by atoms with Crippen LogP contribution in [0.3, 0.4) is 0 Å². The Morgan fingerprint density at radius 2 is 1.85 bits per heavy atom. The number of hydrogen-bond donors (Lipinski definition) is 2. The summed E-state index contributed by atoms with van der Waals surface area (Å²) < 4.78 is 5.69. The molecule has 1 unspecified atom stereocenters. The van der Waals surface area contributed by atoms with E-state index in [9.17, 15) is 9.90 Å². The number of benzene rings is 1. The Balaban J connectivity index is 2.62. The molecule has 0 saturated heterocycles. The molecule has 0 aliphatic heterocycles. The van der Waals surface area contributed by atoms with Crippen LogP contribution in [0.15, 0.2) is 18.2 Å². The summed E-state index contributed by atoms with van der Waals surface area (Å²) >= 11 is 0. The van der Waals surface area contributed by atoms with E-state index < -0.39 is 11.5 Å². The molecule has 112 valence electrons. The average Bonchev–Trinajstić information content (AvgIpc) is 2.26. The third-order valence-electron chi connectivity index (χ3n) is 3.15. The van der Waals surface area contributed by atoms with E-state index in [1.165, 1.54) is 0 Å². The Morgan fingerprint density at radius 3 is 2.30 bits per heavy atom. The molecule has 0 bridgehead atoms. The fourth-order valence-corrected chi connectivity index (χ4v) is 2.27. The van der Waals surface area contributed by atoms with Crippen molar-refractivity contribution in [1.29, 1.82) is 0 Å². The summed E-state index contributed by atoms with van der Waals surface area (Å²) in [5, 5.41) is 12.4. The standard InChI is InChI=1S/C16H25NO3/c1-11(2)17-16(5,15(18)19)6-7-20-14-9-12(3)8-13(4)10-14/h8-11,17H,6-7H2,1-5H3,(H,18,19). The highest BCUT2D eigenvalue weighted by Crippen LogP contribution is 2.18. The lowest BCUT2D eigenvalue weighted by molar-refractivity contribution is -0.145. The highest BCUT2D eigenvalue weighted by molar-refractivity contribution is 5.78. The van der Waals surface area contributed by atoms with Crippen LogP contribution in [0.25, 0.3) is 0 Å². The molecule has 0 aliphatic rings. The van der Waals surface area contributed by atoms with Crippen LogP contribution in [-0.2, 0) is 4.79 Å². The van der Waals surface area contributed by atoms with Gasteiger partial charge in [0.2, 0.25) is 0 Å². The first-order valence-electron chi connectivity index (χ1n) is 6.95. The minimum Gasteiger partial charge on any atom is -0.493 e. The Hall–Kier alpha value is -1.55. The van der Waals surface area contributed by atoms with E-state index in [-0.39, 0.29) is 6.04 Å². The molecule has 20 heavy (non-hydrogen) atoms. The second-order valence-corrected chi connectivity index (χ2v) is 5.86. The van der Waals surface area contributed by atoms with E-state index in [0.29, 0.717) is 13.0 Å². The molecule has 1 atom stereocenters. The van der Waals surface area contributed by atoms with Gasteiger partial charge in [-0.25, -0.2) is 0 Å². The summed E-state index contributed by atoms with van der Waals surface area (Å²) in [5.41, 5.74) is 1.31. The second-order valence-electron chi connectivity index (χ2n) is 5.86. The lowest BCUT2D eigenvalue weighted by Crippen LogP contribution is -2.53. The van der Waals surface area contributed by atoms with Gasteiger partial charge in [-0.05, 0) is 57.9 Å². The molecule has 4 nitrogen and oxygen atoms in total. The quantitative estimate of drug-likeness (QED) is 0.805. The van der Waals surface area contributed by atoms with E-state index in [1.807, 2.05) is 39.8 Å². The third-order valence-corrected chi connectivity index (χ3v) is 3.15. The van der Waals surface area contributed by atoms with Crippen molar-refractivity contribution in [3.8, 4) is 5.75 Å². The van der Waals surface area contributed by atoms with Crippen LogP contribution in [0.5, 0.6) is 5.75 Å². The maximum Gasteiger partial charge on any atom is 0.323 e. The van der Waals surface area contributed by atoms with Gasteiger partial charge in [0.05, 0.1) is 6.61 Å². The highest BCUT2D eigenvalue weighted by atomic mass is 16.5. The lowest BCUT2D eigenvalue weighted by atomic mass is 9.97. The molecule has 4 heteroatoms. The van der Waals surface area contributed by atoms with Gasteiger partial charge < -0.3 is 9.84 Å². The molecule has 0 radical (unpaired) electrons. The minimum absolute atomic E-state index is 0.109. The van der Waals surface area contributed by atoms with Gasteiger partial charge in [-0.15, -0.1) is 0 Å². The summed E-state index contributed by atoms with van der Waals surface area (Å²) in [6.45, 7) is 9.96. The predicted molar refractivity (Wildman–Crippen MR) is 80.3 cm³/mol. The number of ether oxygens (including phenoxy) is 1. The van der Waals surface area contributed by atoms with Crippen molar-refractivity contribution in [2.45, 2.75) is 52.6 Å². The molecule has 1 aromatic rings. The van der Waals surface area contributed by atoms with Crippen molar-refractivity contribution in [3.05, 3.63) is 29.3 Å². The van der Waals surface area contributed by atoms with E-state index in [1.54, 1.807) is 6.92 Å². The van der Waals surface area contributed by atoms with Crippen LogP contribution in [0, 0.1) is 13.8 Å². The topological polar surface area (TPSA) is 58.6 Å². The maximum absolute atomic E-state index is 11.4. The molecule has 1 rings (SSSR count). The van der Waals surface area contributed by atoms with Crippen molar-refractivity contribution >= 4 is 5.97 Å². The summed E-state index contributed by atoms with van der Waals surface area (Å²) in [6, 6.07) is 6.11. The molecule has 0 saturated carbocycles. The largest absolute Gasteiger partial charge is 0.493 e. The summed E-state index contributed by atoms with van der Waals surface area (Å²) in [4.78, 5) is 11.4. The normalized spacial score (nSPS) is 14.1. The summed E-state index contributed by atoms with van der Waals surface area (Å²) in [6.07, 6.45) is 0.410. The smallest absolute Gasteiger partial charge is 0.323 e. The fraction of sp³-hybridized carbons (Fsp3) is 0.562. The maximum atomic E-state index is 11.4. The molecule has 0 heterocycles. The second kappa shape index (κ2) is 6.75. The van der Waals surface area contributed by atoms with Gasteiger partial charge in [0.15, 0.2) is 0 Å². The van der Waals surface area contributed by atoms with E-state index in [4.69, 9.17) is 4.74 Å². The Kier molecular flexibility index (Phi) is 5.57. The molecular weight excluding hydrogens is 254 g/mol. The van der Waals surface area contributed by atoms with E-state index in [0.717, 1.165) is 16.9 Å². The molecule has 1 aromatic carbocycles. The Labute approximate surface area is 121 Å². The monoisotopic (exact) mass is 279 g/mol. The van der Waals surface area contributed by atoms with Gasteiger partial charge in [0, 0.05) is 12.5 Å². The third kappa shape index (κ3) is 4.85. The number of rotatable bonds is 7. The first-order valence-corrected chi connectivity index (χ1v) is 6.95. The summed E-state index contributed by atoms with van der Waals surface area (Å²) in [5.74, 6) is -0.0602. The minimum atomic E-state index is -0.965. The highest BCUT2D eigenvalue weighted by Gasteiger charge is 2.33. The van der Waals surface area contributed by atoms with Gasteiger partial charge in [-0.2, -0.15) is 0 Å². The number of carboxylic acid groups (broad SMARTS) is 1. The first kappa shape index (κ1) is 16.5. The molecular formula is C16H25NO3. The fourth-order valence-electron chi connectivity index (χ4n) is 2.27. The van der Waals surface area contributed by atoms with Crippen LogP contribution in [0.2, 0.25) is 0 Å². The summed E-state index contributed by atoms with van der Waals surface area (Å²) in [7, 11) is 0. The molecule has 0 fully saturated rings. The zero-order valence-corrected chi connectivity index (χ0v) is 13.0. The van der Waals surface area contributed by atoms with Crippen LogP contribution >= 0.6 is 0 Å². The van der Waals surface area contributed by atoms with Gasteiger partial charge in [-0.1, -0.05) is 6.07 Å². The number of hydrogen-bond acceptors (Lipinski definition) is 3. The number of nitrogens with one attached hydrogen (secondary N) is 1. The average molecular weight is 279 g/mol. The van der Waals surface area contributed by atoms with Gasteiger partial charge in [0.25, 0.3) is 0 Å². The van der Waals surface area contributed by atoms with E-state index in [2.05, 4.69) is 11.4 Å². The molecule has 0 aromatic heterocycles. The van der Waals surface area contributed by atoms with Crippen molar-refractivity contribution in [1.82, 2.24) is 5.32 Å². The van der Waals surface area contributed by atoms with Crippen LogP contribution in [0.4, 0.5) is 0 Å². The molecule has 0 amide bonds. The van der Waals surface area contributed by atoms with E-state index >= 15 is 0 Å². The number of aryl methyl sites for hydroxylation is 2. The predicted octanol–water partition coefficient (Wildman–Crippen LogP) is 2.91. The van der Waals surface area contributed by atoms with Crippen molar-refractivity contribution < 1.29 is 14.6 Å².